The third-order valence-corrected chi connectivity index (χ3v) is 6.87. The van der Waals surface area contributed by atoms with Gasteiger partial charge < -0.3 is 47.4 Å². The fourth-order valence-electron chi connectivity index (χ4n) is 4.44. The summed E-state index contributed by atoms with van der Waals surface area (Å²) in [5.74, 6) is 0.502. The maximum atomic E-state index is 12.8. The molecule has 0 aliphatic heterocycles. The molecular formula is C38H44O12. The molecule has 4 rings (SSSR count). The number of carbonyl (C=O) groups excluding carboxylic acids is 2. The van der Waals surface area contributed by atoms with E-state index in [0.29, 0.717) is 75.1 Å². The number of esters is 2. The van der Waals surface area contributed by atoms with Gasteiger partial charge in [-0.3, -0.25) is 0 Å². The van der Waals surface area contributed by atoms with E-state index in [4.69, 9.17) is 47.4 Å². The van der Waals surface area contributed by atoms with Crippen LogP contribution in [-0.4, -0.2) is 105 Å². The quantitative estimate of drug-likeness (QED) is 0.0480. The molecule has 268 valence electrons. The Labute approximate surface area is 292 Å². The van der Waals surface area contributed by atoms with Gasteiger partial charge in [-0.05, 0) is 41.8 Å². The summed E-state index contributed by atoms with van der Waals surface area (Å²) >= 11 is 0. The van der Waals surface area contributed by atoms with Crippen LogP contribution in [0.2, 0.25) is 0 Å². The molecule has 50 heavy (non-hydrogen) atoms. The van der Waals surface area contributed by atoms with Gasteiger partial charge >= 0.3 is 11.9 Å². The summed E-state index contributed by atoms with van der Waals surface area (Å²) in [6, 6.07) is 29.1. The summed E-state index contributed by atoms with van der Waals surface area (Å²) in [5.41, 5.74) is 0.935. The monoisotopic (exact) mass is 692 g/mol. The van der Waals surface area contributed by atoms with Crippen LogP contribution >= 0.6 is 0 Å². The fraction of sp³-hybridized carbons (Fsp3) is 0.368. The van der Waals surface area contributed by atoms with E-state index >= 15 is 0 Å². The molecule has 0 saturated heterocycles. The molecule has 0 N–H and O–H groups in total. The van der Waals surface area contributed by atoms with Crippen LogP contribution in [0, 0.1) is 0 Å². The molecule has 0 saturated carbocycles. The summed E-state index contributed by atoms with van der Waals surface area (Å²) in [5, 5.41) is 1.47. The van der Waals surface area contributed by atoms with E-state index in [1.165, 1.54) is 0 Å². The summed E-state index contributed by atoms with van der Waals surface area (Å²) < 4.78 is 54.7. The van der Waals surface area contributed by atoms with Gasteiger partial charge in [0.1, 0.15) is 24.7 Å². The second-order valence-electron chi connectivity index (χ2n) is 10.4. The van der Waals surface area contributed by atoms with E-state index in [9.17, 15) is 9.59 Å². The van der Waals surface area contributed by atoms with Crippen LogP contribution < -0.4 is 9.47 Å². The predicted molar refractivity (Wildman–Crippen MR) is 184 cm³/mol. The molecule has 0 aliphatic carbocycles. The number of hydrogen-bond donors (Lipinski definition) is 0. The zero-order chi connectivity index (χ0) is 34.9. The Morgan fingerprint density at radius 1 is 0.400 bits per heavy atom. The van der Waals surface area contributed by atoms with Crippen molar-refractivity contribution >= 4 is 22.7 Å². The van der Waals surface area contributed by atoms with Crippen LogP contribution in [0.25, 0.3) is 10.8 Å². The second-order valence-corrected chi connectivity index (χ2v) is 10.4. The van der Waals surface area contributed by atoms with Crippen molar-refractivity contribution in [3.8, 4) is 11.5 Å². The van der Waals surface area contributed by atoms with Crippen LogP contribution in [0.3, 0.4) is 0 Å². The predicted octanol–water partition coefficient (Wildman–Crippen LogP) is 5.33. The lowest BCUT2D eigenvalue weighted by Crippen LogP contribution is -2.15. The highest BCUT2D eigenvalue weighted by Gasteiger charge is 2.13. The van der Waals surface area contributed by atoms with Gasteiger partial charge in [0.2, 0.25) is 0 Å². The smallest absolute Gasteiger partial charge is 0.338 e. The molecule has 0 unspecified atom stereocenters. The maximum Gasteiger partial charge on any atom is 0.338 e. The highest BCUT2D eigenvalue weighted by molar-refractivity contribution is 6.06. The maximum absolute atomic E-state index is 12.8. The van der Waals surface area contributed by atoms with Crippen molar-refractivity contribution in [3.63, 3.8) is 0 Å². The van der Waals surface area contributed by atoms with E-state index in [2.05, 4.69) is 0 Å². The van der Waals surface area contributed by atoms with Crippen LogP contribution in [0.1, 0.15) is 20.7 Å². The molecule has 4 aromatic carbocycles. The van der Waals surface area contributed by atoms with Crippen LogP contribution in [0.15, 0.2) is 97.1 Å². The average molecular weight is 693 g/mol. The van der Waals surface area contributed by atoms with Gasteiger partial charge in [0.05, 0.1) is 77.2 Å². The molecule has 12 heteroatoms. The average Bonchev–Trinajstić information content (AvgIpc) is 3.16. The normalized spacial score (nSPS) is 11.0. The topological polar surface area (TPSA) is 126 Å². The Morgan fingerprint density at radius 2 is 0.880 bits per heavy atom. The third kappa shape index (κ3) is 14.5. The zero-order valence-electron chi connectivity index (χ0n) is 28.0. The van der Waals surface area contributed by atoms with E-state index in [-0.39, 0.29) is 46.0 Å². The molecule has 4 aromatic rings. The first-order valence-electron chi connectivity index (χ1n) is 16.4. The van der Waals surface area contributed by atoms with Gasteiger partial charge in [0, 0.05) is 5.39 Å². The van der Waals surface area contributed by atoms with Gasteiger partial charge in [0.25, 0.3) is 0 Å². The molecule has 0 aliphatic rings. The summed E-state index contributed by atoms with van der Waals surface area (Å²) in [6.45, 7) is 3.98. The minimum atomic E-state index is -0.451. The molecule has 0 heterocycles. The molecule has 0 amide bonds. The molecule has 0 fully saturated rings. The first kappa shape index (κ1) is 38.2. The number of hydrogen-bond acceptors (Lipinski definition) is 12. The van der Waals surface area contributed by atoms with Gasteiger partial charge in [-0.2, -0.15) is 0 Å². The van der Waals surface area contributed by atoms with Crippen molar-refractivity contribution in [2.75, 3.05) is 92.9 Å². The molecule has 12 nitrogen and oxygen atoms in total. The van der Waals surface area contributed by atoms with Crippen molar-refractivity contribution in [2.24, 2.45) is 0 Å². The highest BCUT2D eigenvalue weighted by Crippen LogP contribution is 2.28. The molecule has 0 radical (unpaired) electrons. The van der Waals surface area contributed by atoms with Crippen molar-refractivity contribution in [1.82, 2.24) is 0 Å². The van der Waals surface area contributed by atoms with Crippen LogP contribution in [0.5, 0.6) is 11.5 Å². The molecule has 0 atom stereocenters. The van der Waals surface area contributed by atoms with Crippen molar-refractivity contribution < 1.29 is 57.0 Å². The lowest BCUT2D eigenvalue weighted by atomic mass is 10.0. The number of carbonyl (C=O) groups is 2. The van der Waals surface area contributed by atoms with Crippen LogP contribution in [-0.2, 0) is 37.9 Å². The standard InChI is InChI=1S/C38H44O12/c39-37(31-9-3-1-4-10-31)47-27-25-43-19-17-42-22-24-46-30-50-36-16-8-13-33-34(36)14-7-15-35(33)38(40)48-28-26-44-20-18-41-21-23-45-29-49-32-11-5-2-6-12-32/h1-16H,17-30H2. The minimum absolute atomic E-state index is 0.0111. The SMILES string of the molecule is O=C(OCCOCCOCCOCOc1cccc2c(C(=O)OCCOCCOCCOCOc3ccccc3)cccc12)c1ccccc1. The second kappa shape index (κ2) is 23.7. The van der Waals surface area contributed by atoms with E-state index < -0.39 is 5.97 Å². The molecular weight excluding hydrogens is 648 g/mol. The molecule has 0 spiro atoms. The first-order chi connectivity index (χ1) is 24.7. The Hall–Kier alpha value is -4.56. The fourth-order valence-corrected chi connectivity index (χ4v) is 4.44. The van der Waals surface area contributed by atoms with Crippen molar-refractivity contribution in [2.45, 2.75) is 0 Å². The largest absolute Gasteiger partial charge is 0.468 e. The number of para-hydroxylation sites is 1. The molecule has 0 bridgehead atoms. The Kier molecular flexibility index (Phi) is 18.2. The lowest BCUT2D eigenvalue weighted by Gasteiger charge is -2.12. The van der Waals surface area contributed by atoms with Crippen molar-refractivity contribution in [3.05, 3.63) is 108 Å². The van der Waals surface area contributed by atoms with Crippen LogP contribution in [0.4, 0.5) is 0 Å². The van der Waals surface area contributed by atoms with Gasteiger partial charge in [-0.1, -0.05) is 60.7 Å². The Morgan fingerprint density at radius 3 is 1.50 bits per heavy atom. The zero-order valence-corrected chi connectivity index (χ0v) is 28.0. The summed E-state index contributed by atoms with van der Waals surface area (Å²) in [4.78, 5) is 24.7. The lowest BCUT2D eigenvalue weighted by molar-refractivity contribution is -0.0294. The summed E-state index contributed by atoms with van der Waals surface area (Å²) in [6.07, 6.45) is 0. The Bertz CT molecular complexity index is 1520. The highest BCUT2D eigenvalue weighted by atomic mass is 16.7. The number of rotatable bonds is 26. The Balaban J connectivity index is 0.997. The first-order valence-corrected chi connectivity index (χ1v) is 16.4. The van der Waals surface area contributed by atoms with E-state index in [1.54, 1.807) is 36.4 Å². The van der Waals surface area contributed by atoms with Gasteiger partial charge in [-0.25, -0.2) is 9.59 Å². The third-order valence-electron chi connectivity index (χ3n) is 6.87. The van der Waals surface area contributed by atoms with Gasteiger partial charge in [-0.15, -0.1) is 0 Å². The van der Waals surface area contributed by atoms with E-state index in [1.807, 2.05) is 60.7 Å². The number of fused-ring (bicyclic) bond motifs is 1. The summed E-state index contributed by atoms with van der Waals surface area (Å²) in [7, 11) is 0. The number of benzene rings is 4. The number of ether oxygens (including phenoxy) is 10. The minimum Gasteiger partial charge on any atom is -0.468 e. The van der Waals surface area contributed by atoms with Gasteiger partial charge in [0.15, 0.2) is 13.6 Å². The van der Waals surface area contributed by atoms with Crippen molar-refractivity contribution in [1.29, 1.82) is 0 Å². The molecule has 0 aromatic heterocycles. The van der Waals surface area contributed by atoms with E-state index in [0.717, 1.165) is 11.1 Å².